The van der Waals surface area contributed by atoms with Crippen molar-refractivity contribution in [3.8, 4) is 0 Å². The van der Waals surface area contributed by atoms with Gasteiger partial charge in [-0.3, -0.25) is 19.7 Å². The normalized spacial score (nSPS) is 19.0. The van der Waals surface area contributed by atoms with Crippen LogP contribution in [0.5, 0.6) is 0 Å². The van der Waals surface area contributed by atoms with E-state index in [1.165, 1.54) is 4.90 Å². The van der Waals surface area contributed by atoms with Gasteiger partial charge >= 0.3 is 11.9 Å². The highest BCUT2D eigenvalue weighted by atomic mass is 16.5. The van der Waals surface area contributed by atoms with Crippen LogP contribution in [-0.4, -0.2) is 59.6 Å². The van der Waals surface area contributed by atoms with Crippen molar-refractivity contribution in [2.45, 2.75) is 64.0 Å². The molecule has 2 N–H and O–H groups in total. The minimum Gasteiger partial charge on any atom is -0.480 e. The van der Waals surface area contributed by atoms with Crippen LogP contribution >= 0.6 is 0 Å². The van der Waals surface area contributed by atoms with Gasteiger partial charge in [-0.15, -0.1) is 0 Å². The summed E-state index contributed by atoms with van der Waals surface area (Å²) in [7, 11) is 0. The zero-order valence-electron chi connectivity index (χ0n) is 17.1. The fraction of sp³-hybridized carbons (Fsp3) is 0.591. The molecule has 1 aliphatic heterocycles. The summed E-state index contributed by atoms with van der Waals surface area (Å²) in [5.74, 6) is -1.65. The maximum atomic E-state index is 13.0. The first-order chi connectivity index (χ1) is 14.0. The number of carboxylic acids is 1. The standard InChI is InChI=1S/C22H32N2O5/c1-2-29-22(28)19(14-13-17-10-6-5-7-11-17)23-18-12-8-3-4-9-15-24(21(18)27)16-20(25)26/h5-7,10-11,18-19,23H,2-4,8-9,12-16H2,1H3,(H,25,26). The van der Waals surface area contributed by atoms with Gasteiger partial charge in [-0.2, -0.15) is 0 Å². The van der Waals surface area contributed by atoms with Gasteiger partial charge in [0.25, 0.3) is 0 Å². The number of carbonyl (C=O) groups excluding carboxylic acids is 2. The summed E-state index contributed by atoms with van der Waals surface area (Å²) in [6.45, 7) is 2.14. The zero-order valence-corrected chi connectivity index (χ0v) is 17.1. The Hall–Kier alpha value is -2.41. The van der Waals surface area contributed by atoms with Crippen molar-refractivity contribution in [3.05, 3.63) is 35.9 Å². The zero-order chi connectivity index (χ0) is 21.1. The molecule has 1 heterocycles. The Balaban J connectivity index is 2.11. The molecule has 2 rings (SSSR count). The number of carbonyl (C=O) groups is 3. The molecule has 1 aromatic rings. The Labute approximate surface area is 172 Å². The molecule has 1 aromatic carbocycles. The summed E-state index contributed by atoms with van der Waals surface area (Å²) in [5.41, 5.74) is 1.11. The highest BCUT2D eigenvalue weighted by molar-refractivity contribution is 5.86. The van der Waals surface area contributed by atoms with Crippen molar-refractivity contribution in [2.24, 2.45) is 0 Å². The molecular formula is C22H32N2O5. The molecule has 0 bridgehead atoms. The third kappa shape index (κ3) is 7.85. The molecule has 0 aliphatic carbocycles. The number of aryl methyl sites for hydroxylation is 1. The van der Waals surface area contributed by atoms with Gasteiger partial charge in [-0.1, -0.05) is 49.6 Å². The molecule has 0 spiro atoms. The smallest absolute Gasteiger partial charge is 0.323 e. The monoisotopic (exact) mass is 404 g/mol. The molecule has 160 valence electrons. The van der Waals surface area contributed by atoms with E-state index in [0.29, 0.717) is 25.8 Å². The van der Waals surface area contributed by atoms with E-state index < -0.39 is 18.1 Å². The first-order valence-corrected chi connectivity index (χ1v) is 10.5. The maximum Gasteiger partial charge on any atom is 0.323 e. The Morgan fingerprint density at radius 3 is 2.62 bits per heavy atom. The van der Waals surface area contributed by atoms with Crippen LogP contribution in [0.1, 0.15) is 51.0 Å². The molecule has 2 unspecified atom stereocenters. The van der Waals surface area contributed by atoms with Gasteiger partial charge in [0.15, 0.2) is 0 Å². The number of carboxylic acid groups (broad SMARTS) is 1. The highest BCUT2D eigenvalue weighted by Gasteiger charge is 2.31. The lowest BCUT2D eigenvalue weighted by molar-refractivity contribution is -0.148. The third-order valence-corrected chi connectivity index (χ3v) is 5.14. The van der Waals surface area contributed by atoms with Crippen LogP contribution < -0.4 is 5.32 Å². The van der Waals surface area contributed by atoms with Gasteiger partial charge in [0.1, 0.15) is 12.6 Å². The summed E-state index contributed by atoms with van der Waals surface area (Å²) in [6.07, 6.45) is 5.37. The number of amides is 1. The summed E-state index contributed by atoms with van der Waals surface area (Å²) in [6, 6.07) is 8.65. The average Bonchev–Trinajstić information content (AvgIpc) is 2.78. The van der Waals surface area contributed by atoms with Crippen LogP contribution in [0, 0.1) is 0 Å². The van der Waals surface area contributed by atoms with E-state index in [2.05, 4.69) is 5.32 Å². The minimum atomic E-state index is -1.03. The Morgan fingerprint density at radius 1 is 1.21 bits per heavy atom. The number of nitrogens with zero attached hydrogens (tertiary/aromatic N) is 1. The van der Waals surface area contributed by atoms with Crippen molar-refractivity contribution < 1.29 is 24.2 Å². The molecule has 0 radical (unpaired) electrons. The van der Waals surface area contributed by atoms with Crippen molar-refractivity contribution in [3.63, 3.8) is 0 Å². The molecule has 1 saturated heterocycles. The third-order valence-electron chi connectivity index (χ3n) is 5.14. The van der Waals surface area contributed by atoms with Crippen molar-refractivity contribution in [2.75, 3.05) is 19.7 Å². The fourth-order valence-electron chi connectivity index (χ4n) is 3.64. The second-order valence-corrected chi connectivity index (χ2v) is 7.40. The van der Waals surface area contributed by atoms with E-state index in [-0.39, 0.29) is 25.0 Å². The van der Waals surface area contributed by atoms with Crippen LogP contribution in [0.4, 0.5) is 0 Å². The van der Waals surface area contributed by atoms with Crippen LogP contribution in [0.15, 0.2) is 30.3 Å². The molecule has 7 nitrogen and oxygen atoms in total. The van der Waals surface area contributed by atoms with E-state index >= 15 is 0 Å². The van der Waals surface area contributed by atoms with Gasteiger partial charge in [0.2, 0.25) is 5.91 Å². The summed E-state index contributed by atoms with van der Waals surface area (Å²) in [4.78, 5) is 38.1. The van der Waals surface area contributed by atoms with Gasteiger partial charge in [-0.05, 0) is 38.2 Å². The van der Waals surface area contributed by atoms with E-state index in [1.54, 1.807) is 6.92 Å². The summed E-state index contributed by atoms with van der Waals surface area (Å²) >= 11 is 0. The predicted octanol–water partition coefficient (Wildman–Crippen LogP) is 2.39. The first kappa shape index (κ1) is 22.9. The number of nitrogens with one attached hydrogen (secondary N) is 1. The second kappa shape index (κ2) is 12.2. The molecule has 0 aromatic heterocycles. The van der Waals surface area contributed by atoms with Gasteiger partial charge in [0, 0.05) is 6.54 Å². The van der Waals surface area contributed by atoms with Crippen LogP contribution in [-0.2, 0) is 25.5 Å². The van der Waals surface area contributed by atoms with Crippen molar-refractivity contribution in [1.29, 1.82) is 0 Å². The van der Waals surface area contributed by atoms with Gasteiger partial charge in [0.05, 0.1) is 12.6 Å². The van der Waals surface area contributed by atoms with Crippen LogP contribution in [0.2, 0.25) is 0 Å². The van der Waals surface area contributed by atoms with E-state index in [4.69, 9.17) is 9.84 Å². The van der Waals surface area contributed by atoms with E-state index in [9.17, 15) is 14.4 Å². The lowest BCUT2D eigenvalue weighted by atomic mass is 10.0. The Kier molecular flexibility index (Phi) is 9.64. The molecule has 29 heavy (non-hydrogen) atoms. The molecule has 1 amide bonds. The van der Waals surface area contributed by atoms with E-state index in [1.807, 2.05) is 30.3 Å². The number of esters is 1. The Bertz CT molecular complexity index is 664. The van der Waals surface area contributed by atoms with E-state index in [0.717, 1.165) is 31.2 Å². The lowest BCUT2D eigenvalue weighted by Crippen LogP contribution is -2.53. The number of benzene rings is 1. The molecule has 7 heteroatoms. The number of rotatable bonds is 9. The van der Waals surface area contributed by atoms with Crippen LogP contribution in [0.25, 0.3) is 0 Å². The first-order valence-electron chi connectivity index (χ1n) is 10.5. The molecular weight excluding hydrogens is 372 g/mol. The van der Waals surface area contributed by atoms with Crippen molar-refractivity contribution >= 4 is 17.8 Å². The number of hydrogen-bond acceptors (Lipinski definition) is 5. The SMILES string of the molecule is CCOC(=O)C(CCc1ccccc1)NC1CCCCCCN(CC(=O)O)C1=O. The lowest BCUT2D eigenvalue weighted by Gasteiger charge is -2.28. The summed E-state index contributed by atoms with van der Waals surface area (Å²) < 4.78 is 5.22. The quantitative estimate of drug-likeness (QED) is 0.614. The number of aliphatic carboxylic acids is 1. The average molecular weight is 405 g/mol. The fourth-order valence-corrected chi connectivity index (χ4v) is 3.64. The molecule has 2 atom stereocenters. The Morgan fingerprint density at radius 2 is 1.93 bits per heavy atom. The van der Waals surface area contributed by atoms with Crippen molar-refractivity contribution in [1.82, 2.24) is 10.2 Å². The predicted molar refractivity (Wildman–Crippen MR) is 109 cm³/mol. The number of ether oxygens (including phenoxy) is 1. The topological polar surface area (TPSA) is 95.9 Å². The largest absolute Gasteiger partial charge is 0.480 e. The summed E-state index contributed by atoms with van der Waals surface area (Å²) in [5, 5.41) is 12.4. The maximum absolute atomic E-state index is 13.0. The second-order valence-electron chi connectivity index (χ2n) is 7.40. The highest BCUT2D eigenvalue weighted by Crippen LogP contribution is 2.15. The molecule has 1 fully saturated rings. The van der Waals surface area contributed by atoms with Gasteiger partial charge < -0.3 is 14.7 Å². The van der Waals surface area contributed by atoms with Gasteiger partial charge in [-0.25, -0.2) is 0 Å². The number of hydrogen-bond donors (Lipinski definition) is 2. The van der Waals surface area contributed by atoms with Crippen LogP contribution in [0.3, 0.4) is 0 Å². The molecule has 0 saturated carbocycles. The molecule has 1 aliphatic rings. The minimum absolute atomic E-state index is 0.247.